The minimum atomic E-state index is -0.577. The Hall–Kier alpha value is -2.48. The molecule has 1 aliphatic carbocycles. The van der Waals surface area contributed by atoms with Crippen LogP contribution in [-0.2, 0) is 9.53 Å². The lowest BCUT2D eigenvalue weighted by Crippen LogP contribution is -2.23. The molecule has 2 aliphatic rings. The summed E-state index contributed by atoms with van der Waals surface area (Å²) >= 11 is 0. The molecule has 5 nitrogen and oxygen atoms in total. The number of nitrogens with one attached hydrogen (secondary N) is 1. The number of esters is 1. The monoisotopic (exact) mass is 284 g/mol. The molecule has 21 heavy (non-hydrogen) atoms. The third-order valence-corrected chi connectivity index (χ3v) is 3.81. The number of rotatable bonds is 2. The van der Waals surface area contributed by atoms with Gasteiger partial charge in [0.2, 0.25) is 0 Å². The molecule has 0 saturated heterocycles. The summed E-state index contributed by atoms with van der Waals surface area (Å²) < 4.78 is 5.46. The van der Waals surface area contributed by atoms with Crippen LogP contribution in [0.1, 0.15) is 37.7 Å². The molecule has 1 aromatic carbocycles. The van der Waals surface area contributed by atoms with E-state index in [-0.39, 0.29) is 11.7 Å². The first-order chi connectivity index (χ1) is 10.3. The molecule has 1 aliphatic heterocycles. The zero-order valence-electron chi connectivity index (χ0n) is 11.6. The molecule has 0 aromatic heterocycles. The fourth-order valence-electron chi connectivity index (χ4n) is 2.71. The largest absolute Gasteiger partial charge is 0.458 e. The highest BCUT2D eigenvalue weighted by atomic mass is 16.7. The van der Waals surface area contributed by atoms with Gasteiger partial charge in [-0.15, -0.1) is 0 Å². The Balaban J connectivity index is 1.83. The summed E-state index contributed by atoms with van der Waals surface area (Å²) in [5, 5.41) is 9.31. The second-order valence-corrected chi connectivity index (χ2v) is 5.23. The number of ether oxygens (including phenoxy) is 1. The van der Waals surface area contributed by atoms with Crippen molar-refractivity contribution in [2.45, 2.75) is 38.2 Å². The van der Waals surface area contributed by atoms with Gasteiger partial charge in [0.15, 0.2) is 11.3 Å². The van der Waals surface area contributed by atoms with Crippen LogP contribution >= 0.6 is 0 Å². The van der Waals surface area contributed by atoms with Gasteiger partial charge in [-0.25, -0.2) is 10.3 Å². The van der Waals surface area contributed by atoms with E-state index in [0.717, 1.165) is 25.7 Å². The van der Waals surface area contributed by atoms with Crippen LogP contribution in [0.5, 0.6) is 5.75 Å². The minimum Gasteiger partial charge on any atom is -0.458 e. The Morgan fingerprint density at radius 2 is 2.05 bits per heavy atom. The molecular formula is C16H16N2O3. The van der Waals surface area contributed by atoms with Crippen LogP contribution in [-0.4, -0.2) is 12.1 Å². The molecule has 1 heterocycles. The molecule has 0 amide bonds. The van der Waals surface area contributed by atoms with Crippen LogP contribution in [0, 0.1) is 11.3 Å². The lowest BCUT2D eigenvalue weighted by atomic mass is 9.97. The molecule has 3 rings (SSSR count). The summed E-state index contributed by atoms with van der Waals surface area (Å²) in [7, 11) is 0. The van der Waals surface area contributed by atoms with E-state index >= 15 is 0 Å². The summed E-state index contributed by atoms with van der Waals surface area (Å²) in [5.41, 5.74) is 3.70. The molecular weight excluding hydrogens is 268 g/mol. The Kier molecular flexibility index (Phi) is 3.78. The van der Waals surface area contributed by atoms with Crippen molar-refractivity contribution >= 4 is 11.7 Å². The van der Waals surface area contributed by atoms with Crippen LogP contribution in [0.15, 0.2) is 29.8 Å². The maximum absolute atomic E-state index is 12.2. The van der Waals surface area contributed by atoms with Gasteiger partial charge >= 0.3 is 5.97 Å². The Labute approximate surface area is 123 Å². The van der Waals surface area contributed by atoms with Crippen molar-refractivity contribution in [1.29, 1.82) is 5.26 Å². The SMILES string of the molecule is N#CC(C(=O)OC1CCCCC1)=C1NOc2ccccc21. The van der Waals surface area contributed by atoms with E-state index in [4.69, 9.17) is 9.57 Å². The number of hydroxylamine groups is 1. The van der Waals surface area contributed by atoms with E-state index in [1.54, 1.807) is 12.1 Å². The molecule has 108 valence electrons. The highest BCUT2D eigenvalue weighted by Crippen LogP contribution is 2.32. The van der Waals surface area contributed by atoms with E-state index in [2.05, 4.69) is 5.48 Å². The number of hydrogen-bond donors (Lipinski definition) is 1. The van der Waals surface area contributed by atoms with Crippen molar-refractivity contribution < 1.29 is 14.4 Å². The molecule has 0 bridgehead atoms. The molecule has 0 unspecified atom stereocenters. The predicted octanol–water partition coefficient (Wildman–Crippen LogP) is 2.69. The topological polar surface area (TPSA) is 71.4 Å². The number of para-hydroxylation sites is 1. The fourth-order valence-corrected chi connectivity index (χ4v) is 2.71. The fraction of sp³-hybridized carbons (Fsp3) is 0.375. The summed E-state index contributed by atoms with van der Waals surface area (Å²) in [4.78, 5) is 17.5. The number of fused-ring (bicyclic) bond motifs is 1. The maximum atomic E-state index is 12.2. The number of benzene rings is 1. The average Bonchev–Trinajstić information content (AvgIpc) is 2.93. The third kappa shape index (κ3) is 2.70. The second kappa shape index (κ2) is 5.88. The van der Waals surface area contributed by atoms with Gasteiger partial charge in [0.1, 0.15) is 17.9 Å². The van der Waals surface area contributed by atoms with Gasteiger partial charge in [-0.05, 0) is 37.8 Å². The van der Waals surface area contributed by atoms with Crippen molar-refractivity contribution in [2.24, 2.45) is 0 Å². The second-order valence-electron chi connectivity index (χ2n) is 5.23. The Morgan fingerprint density at radius 1 is 1.29 bits per heavy atom. The predicted molar refractivity (Wildman–Crippen MR) is 75.7 cm³/mol. The smallest absolute Gasteiger partial charge is 0.351 e. The summed E-state index contributed by atoms with van der Waals surface area (Å²) in [6.07, 6.45) is 5.00. The van der Waals surface area contributed by atoms with E-state index in [1.165, 1.54) is 6.42 Å². The first kappa shape index (κ1) is 13.5. The lowest BCUT2D eigenvalue weighted by molar-refractivity contribution is -0.145. The maximum Gasteiger partial charge on any atom is 0.351 e. The molecule has 0 atom stereocenters. The minimum absolute atomic E-state index is 0.0366. The molecule has 1 fully saturated rings. The molecule has 5 heteroatoms. The number of nitriles is 1. The van der Waals surface area contributed by atoms with Crippen LogP contribution in [0.4, 0.5) is 0 Å². The van der Waals surface area contributed by atoms with Crippen LogP contribution in [0.25, 0.3) is 5.70 Å². The zero-order chi connectivity index (χ0) is 14.7. The van der Waals surface area contributed by atoms with Gasteiger partial charge in [0, 0.05) is 5.56 Å². The van der Waals surface area contributed by atoms with Crippen LogP contribution < -0.4 is 10.3 Å². The molecule has 1 N–H and O–H groups in total. The van der Waals surface area contributed by atoms with Crippen molar-refractivity contribution in [3.63, 3.8) is 0 Å². The molecule has 0 radical (unpaired) electrons. The van der Waals surface area contributed by atoms with Gasteiger partial charge in [-0.1, -0.05) is 18.6 Å². The van der Waals surface area contributed by atoms with Crippen LogP contribution in [0.3, 0.4) is 0 Å². The highest BCUT2D eigenvalue weighted by molar-refractivity contribution is 6.02. The summed E-state index contributed by atoms with van der Waals surface area (Å²) in [5.74, 6) is 0.0259. The number of nitrogens with zero attached hydrogens (tertiary/aromatic N) is 1. The van der Waals surface area contributed by atoms with E-state index in [0.29, 0.717) is 17.0 Å². The Bertz CT molecular complexity index is 625. The zero-order valence-corrected chi connectivity index (χ0v) is 11.6. The number of hydrogen-bond acceptors (Lipinski definition) is 5. The van der Waals surface area contributed by atoms with E-state index in [9.17, 15) is 10.1 Å². The Morgan fingerprint density at radius 3 is 2.81 bits per heavy atom. The number of carbonyl (C=O) groups excluding carboxylic acids is 1. The third-order valence-electron chi connectivity index (χ3n) is 3.81. The van der Waals surface area contributed by atoms with Crippen molar-refractivity contribution in [3.8, 4) is 11.8 Å². The van der Waals surface area contributed by atoms with Crippen molar-refractivity contribution in [1.82, 2.24) is 5.48 Å². The molecule has 1 aromatic rings. The van der Waals surface area contributed by atoms with E-state index < -0.39 is 5.97 Å². The highest BCUT2D eigenvalue weighted by Gasteiger charge is 2.28. The van der Waals surface area contributed by atoms with Crippen molar-refractivity contribution in [2.75, 3.05) is 0 Å². The normalized spacial score (nSPS) is 19.8. The number of carbonyl (C=O) groups is 1. The quantitative estimate of drug-likeness (QED) is 0.513. The molecule has 1 saturated carbocycles. The van der Waals surface area contributed by atoms with Crippen LogP contribution in [0.2, 0.25) is 0 Å². The lowest BCUT2D eigenvalue weighted by Gasteiger charge is -2.21. The first-order valence-corrected chi connectivity index (χ1v) is 7.17. The van der Waals surface area contributed by atoms with Gasteiger partial charge in [-0.3, -0.25) is 0 Å². The van der Waals surface area contributed by atoms with Gasteiger partial charge in [-0.2, -0.15) is 5.26 Å². The standard InChI is InChI=1S/C16H16N2O3/c17-10-13(16(19)20-11-6-2-1-3-7-11)15-12-8-4-5-9-14(12)21-18-15/h4-5,8-9,11,18H,1-3,6-7H2. The average molecular weight is 284 g/mol. The first-order valence-electron chi connectivity index (χ1n) is 7.17. The van der Waals surface area contributed by atoms with Gasteiger partial charge in [0.05, 0.1) is 0 Å². The summed E-state index contributed by atoms with van der Waals surface area (Å²) in [6.45, 7) is 0. The van der Waals surface area contributed by atoms with Gasteiger partial charge in [0.25, 0.3) is 0 Å². The summed E-state index contributed by atoms with van der Waals surface area (Å²) in [6, 6.07) is 9.17. The van der Waals surface area contributed by atoms with E-state index in [1.807, 2.05) is 18.2 Å². The van der Waals surface area contributed by atoms with Gasteiger partial charge < -0.3 is 9.57 Å². The molecule has 0 spiro atoms. The van der Waals surface area contributed by atoms with Crippen molar-refractivity contribution in [3.05, 3.63) is 35.4 Å².